The number of benzene rings is 1. The minimum absolute atomic E-state index is 0.0137. The second-order valence-corrected chi connectivity index (χ2v) is 3.79. The zero-order valence-corrected chi connectivity index (χ0v) is 9.88. The molecule has 0 aromatic heterocycles. The van der Waals surface area contributed by atoms with Crippen molar-refractivity contribution in [2.75, 3.05) is 7.05 Å². The maximum Gasteiger partial charge on any atom is 0.328 e. The molecule has 4 heteroatoms. The number of carbonyl (C=O) groups is 2. The lowest BCUT2D eigenvalue weighted by molar-refractivity contribution is -0.131. The van der Waals surface area contributed by atoms with Crippen molar-refractivity contribution >= 4 is 18.0 Å². The fraction of sp³-hybridized carbons (Fsp3) is 0.231. The van der Waals surface area contributed by atoms with E-state index in [1.807, 2.05) is 24.3 Å². The Bertz CT molecular complexity index is 434. The van der Waals surface area contributed by atoms with Gasteiger partial charge in [-0.15, -0.1) is 0 Å². The second-order valence-electron chi connectivity index (χ2n) is 3.79. The van der Waals surface area contributed by atoms with Crippen LogP contribution in [-0.4, -0.2) is 28.9 Å². The standard InChI is InChI=1S/C13H15NO3/c1-10(15)14(2)9-12-5-3-11(4-6-12)7-8-13(16)17/h3-8H,9H2,1-2H3,(H,16,17)/b8-7+. The molecule has 0 fully saturated rings. The van der Waals surface area contributed by atoms with Crippen LogP contribution in [0.3, 0.4) is 0 Å². The van der Waals surface area contributed by atoms with Crippen LogP contribution >= 0.6 is 0 Å². The van der Waals surface area contributed by atoms with E-state index in [0.29, 0.717) is 6.54 Å². The molecular formula is C13H15NO3. The topological polar surface area (TPSA) is 57.6 Å². The largest absolute Gasteiger partial charge is 0.478 e. The monoisotopic (exact) mass is 233 g/mol. The zero-order valence-electron chi connectivity index (χ0n) is 9.88. The SMILES string of the molecule is CC(=O)N(C)Cc1ccc(/C=C/C(=O)O)cc1. The van der Waals surface area contributed by atoms with Crippen LogP contribution in [0.1, 0.15) is 18.1 Å². The van der Waals surface area contributed by atoms with Gasteiger partial charge >= 0.3 is 5.97 Å². The van der Waals surface area contributed by atoms with Gasteiger partial charge in [-0.1, -0.05) is 24.3 Å². The number of carboxylic acid groups (broad SMARTS) is 1. The lowest BCUT2D eigenvalue weighted by Gasteiger charge is -2.14. The molecular weight excluding hydrogens is 218 g/mol. The number of hydrogen-bond donors (Lipinski definition) is 1. The average molecular weight is 233 g/mol. The minimum atomic E-state index is -0.967. The third-order valence-corrected chi connectivity index (χ3v) is 2.36. The van der Waals surface area contributed by atoms with Crippen LogP contribution in [0.25, 0.3) is 6.08 Å². The van der Waals surface area contributed by atoms with Crippen LogP contribution in [0.15, 0.2) is 30.3 Å². The number of carboxylic acids is 1. The summed E-state index contributed by atoms with van der Waals surface area (Å²) >= 11 is 0. The highest BCUT2D eigenvalue weighted by atomic mass is 16.4. The maximum absolute atomic E-state index is 11.0. The molecule has 17 heavy (non-hydrogen) atoms. The van der Waals surface area contributed by atoms with Crippen LogP contribution in [0.4, 0.5) is 0 Å². The van der Waals surface area contributed by atoms with E-state index in [1.54, 1.807) is 11.9 Å². The summed E-state index contributed by atoms with van der Waals surface area (Å²) in [5.41, 5.74) is 1.83. The number of amides is 1. The van der Waals surface area contributed by atoms with Crippen LogP contribution in [0, 0.1) is 0 Å². The predicted octanol–water partition coefficient (Wildman–Crippen LogP) is 1.76. The van der Waals surface area contributed by atoms with Gasteiger partial charge in [0.15, 0.2) is 0 Å². The van der Waals surface area contributed by atoms with Crippen LogP contribution < -0.4 is 0 Å². The number of nitrogens with zero attached hydrogens (tertiary/aromatic N) is 1. The van der Waals surface area contributed by atoms with Crippen LogP contribution in [0.5, 0.6) is 0 Å². The van der Waals surface area contributed by atoms with Gasteiger partial charge in [-0.2, -0.15) is 0 Å². The first kappa shape index (κ1) is 13.0. The quantitative estimate of drug-likeness (QED) is 0.806. The Morgan fingerprint density at radius 2 is 1.88 bits per heavy atom. The number of rotatable bonds is 4. The summed E-state index contributed by atoms with van der Waals surface area (Å²) in [4.78, 5) is 23.0. The number of aliphatic carboxylic acids is 1. The normalized spacial score (nSPS) is 10.5. The molecule has 1 N–H and O–H groups in total. The zero-order chi connectivity index (χ0) is 12.8. The first-order valence-electron chi connectivity index (χ1n) is 5.20. The molecule has 0 aliphatic rings. The summed E-state index contributed by atoms with van der Waals surface area (Å²) in [6, 6.07) is 7.40. The van der Waals surface area contributed by atoms with Gasteiger partial charge in [-0.25, -0.2) is 4.79 Å². The summed E-state index contributed by atoms with van der Waals surface area (Å²) in [5.74, 6) is -0.953. The Balaban J connectivity index is 2.68. The molecule has 0 saturated heterocycles. The van der Waals surface area contributed by atoms with Crippen molar-refractivity contribution in [2.45, 2.75) is 13.5 Å². The van der Waals surface area contributed by atoms with Gasteiger partial charge in [0.05, 0.1) is 0 Å². The molecule has 0 aliphatic heterocycles. The molecule has 0 spiro atoms. The highest BCUT2D eigenvalue weighted by Gasteiger charge is 2.02. The smallest absolute Gasteiger partial charge is 0.328 e. The van der Waals surface area contributed by atoms with Crippen molar-refractivity contribution in [1.82, 2.24) is 4.90 Å². The molecule has 90 valence electrons. The van der Waals surface area contributed by atoms with Crippen molar-refractivity contribution < 1.29 is 14.7 Å². The summed E-state index contributed by atoms with van der Waals surface area (Å²) in [5, 5.41) is 8.48. The van der Waals surface area contributed by atoms with Gasteiger partial charge in [0.2, 0.25) is 5.91 Å². The highest BCUT2D eigenvalue weighted by Crippen LogP contribution is 2.08. The highest BCUT2D eigenvalue weighted by molar-refractivity contribution is 5.85. The van der Waals surface area contributed by atoms with Gasteiger partial charge in [0.1, 0.15) is 0 Å². The van der Waals surface area contributed by atoms with Gasteiger partial charge in [0, 0.05) is 26.6 Å². The number of carbonyl (C=O) groups excluding carboxylic acids is 1. The van der Waals surface area contributed by atoms with E-state index in [1.165, 1.54) is 13.0 Å². The average Bonchev–Trinajstić information content (AvgIpc) is 2.28. The Morgan fingerprint density at radius 1 is 1.29 bits per heavy atom. The summed E-state index contributed by atoms with van der Waals surface area (Å²) in [6.45, 7) is 2.07. The minimum Gasteiger partial charge on any atom is -0.478 e. The van der Waals surface area contributed by atoms with Crippen molar-refractivity contribution in [1.29, 1.82) is 0 Å². The maximum atomic E-state index is 11.0. The van der Waals surface area contributed by atoms with Gasteiger partial charge in [0.25, 0.3) is 0 Å². The van der Waals surface area contributed by atoms with E-state index in [2.05, 4.69) is 0 Å². The third-order valence-electron chi connectivity index (χ3n) is 2.36. The second kappa shape index (κ2) is 5.84. The first-order valence-corrected chi connectivity index (χ1v) is 5.20. The van der Waals surface area contributed by atoms with Crippen molar-refractivity contribution in [3.05, 3.63) is 41.5 Å². The van der Waals surface area contributed by atoms with E-state index < -0.39 is 5.97 Å². The van der Waals surface area contributed by atoms with Crippen molar-refractivity contribution in [3.63, 3.8) is 0 Å². The molecule has 0 saturated carbocycles. The summed E-state index contributed by atoms with van der Waals surface area (Å²) < 4.78 is 0. The van der Waals surface area contributed by atoms with E-state index in [4.69, 9.17) is 5.11 Å². The number of hydrogen-bond acceptors (Lipinski definition) is 2. The van der Waals surface area contributed by atoms with Gasteiger partial charge in [-0.05, 0) is 17.2 Å². The summed E-state index contributed by atoms with van der Waals surface area (Å²) in [7, 11) is 1.74. The Morgan fingerprint density at radius 3 is 2.35 bits per heavy atom. The predicted molar refractivity (Wildman–Crippen MR) is 65.3 cm³/mol. The Hall–Kier alpha value is -2.10. The lowest BCUT2D eigenvalue weighted by atomic mass is 10.1. The van der Waals surface area contributed by atoms with E-state index in [9.17, 15) is 9.59 Å². The molecule has 1 aromatic carbocycles. The molecule has 0 bridgehead atoms. The van der Waals surface area contributed by atoms with Crippen molar-refractivity contribution in [3.8, 4) is 0 Å². The van der Waals surface area contributed by atoms with E-state index in [-0.39, 0.29) is 5.91 Å². The third kappa shape index (κ3) is 4.51. The molecule has 0 unspecified atom stereocenters. The molecule has 1 amide bonds. The van der Waals surface area contributed by atoms with Crippen LogP contribution in [0.2, 0.25) is 0 Å². The molecule has 0 heterocycles. The van der Waals surface area contributed by atoms with Gasteiger partial charge < -0.3 is 10.0 Å². The van der Waals surface area contributed by atoms with Crippen LogP contribution in [-0.2, 0) is 16.1 Å². The van der Waals surface area contributed by atoms with E-state index >= 15 is 0 Å². The molecule has 1 rings (SSSR count). The molecule has 4 nitrogen and oxygen atoms in total. The Labute approximate surface area is 100 Å². The molecule has 0 atom stereocenters. The fourth-order valence-corrected chi connectivity index (χ4v) is 1.29. The molecule has 0 radical (unpaired) electrons. The first-order chi connectivity index (χ1) is 7.99. The summed E-state index contributed by atoms with van der Waals surface area (Å²) in [6.07, 6.45) is 2.62. The van der Waals surface area contributed by atoms with Gasteiger partial charge in [-0.3, -0.25) is 4.79 Å². The molecule has 0 aliphatic carbocycles. The van der Waals surface area contributed by atoms with E-state index in [0.717, 1.165) is 17.2 Å². The Kier molecular flexibility index (Phi) is 4.46. The lowest BCUT2D eigenvalue weighted by Crippen LogP contribution is -2.22. The molecule has 1 aromatic rings. The van der Waals surface area contributed by atoms with Crippen molar-refractivity contribution in [2.24, 2.45) is 0 Å². The fourth-order valence-electron chi connectivity index (χ4n) is 1.29.